The molecular weight excluding hydrogens is 286 g/mol. The van der Waals surface area contributed by atoms with E-state index in [1.54, 1.807) is 0 Å². The minimum atomic E-state index is 0.745. The number of hydrogen-bond acceptors (Lipinski definition) is 1. The normalized spacial score (nSPS) is 18.6. The van der Waals surface area contributed by atoms with Gasteiger partial charge in [-0.1, -0.05) is 54.4 Å². The molecular formula is C16H24BrN. The summed E-state index contributed by atoms with van der Waals surface area (Å²) in [7, 11) is 0. The van der Waals surface area contributed by atoms with Gasteiger partial charge < -0.3 is 5.32 Å². The molecule has 0 amide bonds. The minimum Gasteiger partial charge on any atom is -0.314 e. The Morgan fingerprint density at radius 3 is 2.67 bits per heavy atom. The van der Waals surface area contributed by atoms with E-state index in [0.29, 0.717) is 0 Å². The van der Waals surface area contributed by atoms with E-state index >= 15 is 0 Å². The summed E-state index contributed by atoms with van der Waals surface area (Å²) in [6.45, 7) is 5.85. The summed E-state index contributed by atoms with van der Waals surface area (Å²) in [5.74, 6) is 1.53. The first kappa shape index (κ1) is 14.1. The van der Waals surface area contributed by atoms with Crippen molar-refractivity contribution in [3.63, 3.8) is 0 Å². The minimum absolute atomic E-state index is 0.745. The van der Waals surface area contributed by atoms with Crippen molar-refractivity contribution in [1.82, 2.24) is 5.32 Å². The molecule has 100 valence electrons. The van der Waals surface area contributed by atoms with Crippen molar-refractivity contribution in [2.45, 2.75) is 45.6 Å². The molecule has 1 aliphatic carbocycles. The molecule has 0 heterocycles. The lowest BCUT2D eigenvalue weighted by atomic mass is 9.86. The van der Waals surface area contributed by atoms with E-state index in [0.717, 1.165) is 17.9 Å². The highest BCUT2D eigenvalue weighted by Crippen LogP contribution is 2.26. The summed E-state index contributed by atoms with van der Waals surface area (Å²) in [6.07, 6.45) is 5.20. The number of rotatable bonds is 7. The van der Waals surface area contributed by atoms with Crippen LogP contribution in [0.3, 0.4) is 0 Å². The van der Waals surface area contributed by atoms with Gasteiger partial charge in [-0.15, -0.1) is 0 Å². The molecule has 0 radical (unpaired) electrons. The third-order valence-electron chi connectivity index (χ3n) is 4.13. The quantitative estimate of drug-likeness (QED) is 0.787. The van der Waals surface area contributed by atoms with Gasteiger partial charge in [0, 0.05) is 10.5 Å². The average molecular weight is 310 g/mol. The van der Waals surface area contributed by atoms with Crippen molar-refractivity contribution in [2.75, 3.05) is 6.54 Å². The molecule has 1 aliphatic rings. The first-order valence-corrected chi connectivity index (χ1v) is 7.96. The van der Waals surface area contributed by atoms with Crippen molar-refractivity contribution >= 4 is 15.9 Å². The maximum atomic E-state index is 3.70. The molecule has 0 aromatic heterocycles. The van der Waals surface area contributed by atoms with Crippen LogP contribution in [-0.4, -0.2) is 12.6 Å². The van der Waals surface area contributed by atoms with Gasteiger partial charge in [0.25, 0.3) is 0 Å². The highest BCUT2D eigenvalue weighted by molar-refractivity contribution is 9.10. The van der Waals surface area contributed by atoms with Gasteiger partial charge in [0.15, 0.2) is 0 Å². The molecule has 1 saturated carbocycles. The Bertz CT molecular complexity index is 373. The maximum absolute atomic E-state index is 3.70. The van der Waals surface area contributed by atoms with E-state index in [-0.39, 0.29) is 0 Å². The Labute approximate surface area is 119 Å². The van der Waals surface area contributed by atoms with Gasteiger partial charge in [-0.05, 0) is 49.3 Å². The lowest BCUT2D eigenvalue weighted by Gasteiger charge is -2.24. The van der Waals surface area contributed by atoms with Crippen LogP contribution >= 0.6 is 15.9 Å². The SMILES string of the molecule is CCC(C)C(CNC1CC1)Cc1ccccc1Br. The third-order valence-corrected chi connectivity index (χ3v) is 4.91. The predicted molar refractivity (Wildman–Crippen MR) is 81.8 cm³/mol. The number of hydrogen-bond donors (Lipinski definition) is 1. The molecule has 0 aliphatic heterocycles. The second-order valence-electron chi connectivity index (χ2n) is 5.62. The van der Waals surface area contributed by atoms with Crippen molar-refractivity contribution in [2.24, 2.45) is 11.8 Å². The zero-order valence-corrected chi connectivity index (χ0v) is 13.0. The van der Waals surface area contributed by atoms with Gasteiger partial charge in [-0.3, -0.25) is 0 Å². The van der Waals surface area contributed by atoms with E-state index in [4.69, 9.17) is 0 Å². The maximum Gasteiger partial charge on any atom is 0.0207 e. The van der Waals surface area contributed by atoms with Gasteiger partial charge in [0.2, 0.25) is 0 Å². The van der Waals surface area contributed by atoms with Crippen LogP contribution in [0.25, 0.3) is 0 Å². The van der Waals surface area contributed by atoms with Crippen molar-refractivity contribution in [1.29, 1.82) is 0 Å². The third kappa shape index (κ3) is 4.10. The molecule has 2 heteroatoms. The summed E-state index contributed by atoms with van der Waals surface area (Å²) in [6, 6.07) is 9.44. The Morgan fingerprint density at radius 1 is 1.33 bits per heavy atom. The van der Waals surface area contributed by atoms with Crippen molar-refractivity contribution in [3.8, 4) is 0 Å². The topological polar surface area (TPSA) is 12.0 Å². The van der Waals surface area contributed by atoms with Gasteiger partial charge >= 0.3 is 0 Å². The number of benzene rings is 1. The van der Waals surface area contributed by atoms with Crippen LogP contribution in [0.1, 0.15) is 38.7 Å². The van der Waals surface area contributed by atoms with Crippen LogP contribution in [0, 0.1) is 11.8 Å². The Morgan fingerprint density at radius 2 is 2.06 bits per heavy atom. The molecule has 1 aromatic carbocycles. The Balaban J connectivity index is 1.96. The fourth-order valence-corrected chi connectivity index (χ4v) is 2.81. The van der Waals surface area contributed by atoms with Gasteiger partial charge in [-0.2, -0.15) is 0 Å². The molecule has 0 bridgehead atoms. The van der Waals surface area contributed by atoms with Crippen LogP contribution in [-0.2, 0) is 6.42 Å². The molecule has 1 aromatic rings. The van der Waals surface area contributed by atoms with Crippen LogP contribution in [0.2, 0.25) is 0 Å². The molecule has 2 atom stereocenters. The summed E-state index contributed by atoms with van der Waals surface area (Å²) in [4.78, 5) is 0. The van der Waals surface area contributed by atoms with E-state index < -0.39 is 0 Å². The summed E-state index contributed by atoms with van der Waals surface area (Å²) >= 11 is 3.67. The van der Waals surface area contributed by atoms with E-state index in [1.807, 2.05) is 0 Å². The Kier molecular flexibility index (Phi) is 5.25. The Hall–Kier alpha value is -0.340. The predicted octanol–water partition coefficient (Wildman–Crippen LogP) is 4.41. The standard InChI is InChI=1S/C16H24BrN/c1-3-12(2)14(11-18-15-8-9-15)10-13-6-4-5-7-16(13)17/h4-7,12,14-15,18H,3,8-11H2,1-2H3. The molecule has 0 spiro atoms. The molecule has 0 saturated heterocycles. The first-order valence-electron chi connectivity index (χ1n) is 7.17. The fourth-order valence-electron chi connectivity index (χ4n) is 2.36. The molecule has 1 nitrogen and oxygen atoms in total. The van der Waals surface area contributed by atoms with Crippen LogP contribution < -0.4 is 5.32 Å². The number of halogens is 1. The van der Waals surface area contributed by atoms with E-state index in [2.05, 4.69) is 59.4 Å². The zero-order chi connectivity index (χ0) is 13.0. The fraction of sp³-hybridized carbons (Fsp3) is 0.625. The average Bonchev–Trinajstić information content (AvgIpc) is 3.19. The first-order chi connectivity index (χ1) is 8.70. The van der Waals surface area contributed by atoms with Crippen molar-refractivity contribution < 1.29 is 0 Å². The van der Waals surface area contributed by atoms with Crippen LogP contribution in [0.15, 0.2) is 28.7 Å². The second-order valence-corrected chi connectivity index (χ2v) is 6.48. The molecule has 1 N–H and O–H groups in total. The lowest BCUT2D eigenvalue weighted by Crippen LogP contribution is -2.30. The van der Waals surface area contributed by atoms with Gasteiger partial charge in [-0.25, -0.2) is 0 Å². The highest BCUT2D eigenvalue weighted by atomic mass is 79.9. The molecule has 1 fully saturated rings. The largest absolute Gasteiger partial charge is 0.314 e. The van der Waals surface area contributed by atoms with Crippen LogP contribution in [0.4, 0.5) is 0 Å². The second kappa shape index (κ2) is 6.72. The molecule has 2 unspecified atom stereocenters. The van der Waals surface area contributed by atoms with Crippen LogP contribution in [0.5, 0.6) is 0 Å². The zero-order valence-electron chi connectivity index (χ0n) is 11.5. The lowest BCUT2D eigenvalue weighted by molar-refractivity contribution is 0.328. The monoisotopic (exact) mass is 309 g/mol. The number of nitrogens with one attached hydrogen (secondary N) is 1. The molecule has 18 heavy (non-hydrogen) atoms. The van der Waals surface area contributed by atoms with E-state index in [9.17, 15) is 0 Å². The summed E-state index contributed by atoms with van der Waals surface area (Å²) in [5.41, 5.74) is 1.44. The summed E-state index contributed by atoms with van der Waals surface area (Å²) in [5, 5.41) is 3.70. The van der Waals surface area contributed by atoms with E-state index in [1.165, 1.54) is 42.3 Å². The van der Waals surface area contributed by atoms with Gasteiger partial charge in [0.05, 0.1) is 0 Å². The van der Waals surface area contributed by atoms with Gasteiger partial charge in [0.1, 0.15) is 0 Å². The highest BCUT2D eigenvalue weighted by Gasteiger charge is 2.24. The summed E-state index contributed by atoms with van der Waals surface area (Å²) < 4.78 is 1.25. The molecule has 2 rings (SSSR count). The smallest absolute Gasteiger partial charge is 0.0207 e. The van der Waals surface area contributed by atoms with Crippen molar-refractivity contribution in [3.05, 3.63) is 34.3 Å².